The molecule has 3 nitrogen and oxygen atoms in total. The van der Waals surface area contributed by atoms with Crippen LogP contribution in [-0.2, 0) is 4.74 Å². The predicted molar refractivity (Wildman–Crippen MR) is 115 cm³/mol. The largest absolute Gasteiger partial charge is 0.395 e. The predicted octanol–water partition coefficient (Wildman–Crippen LogP) is 6.58. The molecule has 0 aliphatic rings. The Bertz CT molecular complexity index is 248. The van der Waals surface area contributed by atoms with Crippen molar-refractivity contribution in [1.29, 1.82) is 0 Å². The van der Waals surface area contributed by atoms with Gasteiger partial charge >= 0.3 is 0 Å². The normalized spacial score (nSPS) is 12.6. The van der Waals surface area contributed by atoms with Crippen molar-refractivity contribution in [1.82, 2.24) is 5.32 Å². The minimum absolute atomic E-state index is 0.110. The Morgan fingerprint density at radius 1 is 0.654 bits per heavy atom. The molecule has 0 saturated heterocycles. The lowest BCUT2D eigenvalue weighted by Crippen LogP contribution is -2.33. The van der Waals surface area contributed by atoms with E-state index in [1.54, 1.807) is 0 Å². The number of hydrogen-bond acceptors (Lipinski definition) is 3. The number of nitrogens with one attached hydrogen (secondary N) is 1. The first kappa shape index (κ1) is 25.9. The van der Waals surface area contributed by atoms with Gasteiger partial charge < -0.3 is 9.84 Å². The van der Waals surface area contributed by atoms with Gasteiger partial charge in [0.05, 0.1) is 6.61 Å². The van der Waals surface area contributed by atoms with Crippen molar-refractivity contribution in [3.8, 4) is 0 Å². The van der Waals surface area contributed by atoms with Crippen LogP contribution in [0.4, 0.5) is 0 Å². The fourth-order valence-corrected chi connectivity index (χ4v) is 3.42. The molecule has 0 bridgehead atoms. The molecular weight excluding hydrogens is 322 g/mol. The summed E-state index contributed by atoms with van der Waals surface area (Å²) >= 11 is 0. The number of unbranched alkanes of at least 4 members (excludes halogenated alkanes) is 15. The van der Waals surface area contributed by atoms with Crippen molar-refractivity contribution in [3.05, 3.63) is 0 Å². The van der Waals surface area contributed by atoms with Gasteiger partial charge in [0.25, 0.3) is 0 Å². The van der Waals surface area contributed by atoms with Crippen LogP contribution in [0.2, 0.25) is 0 Å². The standard InChI is InChI=1S/C23H49NO2/c1-3-5-6-7-8-9-10-11-12-13-14-15-16-17-18-19-22-26-23(4-2)24-20-21-25/h23-25H,3-22H2,1-2H3. The summed E-state index contributed by atoms with van der Waals surface area (Å²) in [5, 5.41) is 12.0. The van der Waals surface area contributed by atoms with Gasteiger partial charge in [-0.2, -0.15) is 0 Å². The summed E-state index contributed by atoms with van der Waals surface area (Å²) < 4.78 is 5.79. The Hall–Kier alpha value is -0.120. The average molecular weight is 372 g/mol. The van der Waals surface area contributed by atoms with Crippen molar-refractivity contribution in [3.63, 3.8) is 0 Å². The SMILES string of the molecule is CCCCCCCCCCCCCCCCCCOC(CC)NCCO. The Labute approximate surface area is 164 Å². The van der Waals surface area contributed by atoms with E-state index < -0.39 is 0 Å². The number of rotatable bonds is 22. The number of aliphatic hydroxyl groups excluding tert-OH is 1. The topological polar surface area (TPSA) is 41.5 Å². The van der Waals surface area contributed by atoms with Crippen LogP contribution in [0.25, 0.3) is 0 Å². The third kappa shape index (κ3) is 20.2. The zero-order valence-corrected chi connectivity index (χ0v) is 18.1. The van der Waals surface area contributed by atoms with Crippen molar-refractivity contribution < 1.29 is 9.84 Å². The van der Waals surface area contributed by atoms with Gasteiger partial charge in [-0.3, -0.25) is 5.32 Å². The molecule has 158 valence electrons. The molecule has 0 saturated carbocycles. The second kappa shape index (κ2) is 22.9. The lowest BCUT2D eigenvalue weighted by Gasteiger charge is -2.17. The molecule has 0 amide bonds. The first-order chi connectivity index (χ1) is 12.8. The fraction of sp³-hybridized carbons (Fsp3) is 1.00. The lowest BCUT2D eigenvalue weighted by atomic mass is 10.0. The smallest absolute Gasteiger partial charge is 0.107 e. The zero-order chi connectivity index (χ0) is 19.1. The van der Waals surface area contributed by atoms with Gasteiger partial charge in [-0.25, -0.2) is 0 Å². The summed E-state index contributed by atoms with van der Waals surface area (Å²) in [5.41, 5.74) is 0. The molecule has 0 aliphatic heterocycles. The van der Waals surface area contributed by atoms with Crippen LogP contribution in [-0.4, -0.2) is 31.1 Å². The molecule has 0 aromatic heterocycles. The van der Waals surface area contributed by atoms with Gasteiger partial charge in [-0.05, 0) is 12.8 Å². The van der Waals surface area contributed by atoms with Crippen LogP contribution in [0, 0.1) is 0 Å². The summed E-state index contributed by atoms with van der Waals surface area (Å²) in [6.07, 6.45) is 23.5. The van der Waals surface area contributed by atoms with Gasteiger partial charge in [0.1, 0.15) is 6.23 Å². The average Bonchev–Trinajstić information content (AvgIpc) is 2.66. The van der Waals surface area contributed by atoms with E-state index in [9.17, 15) is 0 Å². The molecule has 26 heavy (non-hydrogen) atoms. The van der Waals surface area contributed by atoms with Crippen molar-refractivity contribution in [2.75, 3.05) is 19.8 Å². The quantitative estimate of drug-likeness (QED) is 0.167. The van der Waals surface area contributed by atoms with Gasteiger partial charge in [0, 0.05) is 13.2 Å². The lowest BCUT2D eigenvalue weighted by molar-refractivity contribution is 0.0223. The van der Waals surface area contributed by atoms with Gasteiger partial charge in [0.15, 0.2) is 0 Å². The summed E-state index contributed by atoms with van der Waals surface area (Å²) in [6, 6.07) is 0. The Balaban J connectivity index is 3.11. The van der Waals surface area contributed by atoms with Crippen molar-refractivity contribution >= 4 is 0 Å². The fourth-order valence-electron chi connectivity index (χ4n) is 3.42. The summed E-state index contributed by atoms with van der Waals surface area (Å²) in [4.78, 5) is 0. The molecule has 0 aromatic rings. The number of ether oxygens (including phenoxy) is 1. The number of aliphatic hydroxyl groups is 1. The van der Waals surface area contributed by atoms with Crippen molar-refractivity contribution in [2.24, 2.45) is 0 Å². The Morgan fingerprint density at radius 3 is 1.46 bits per heavy atom. The highest BCUT2D eigenvalue weighted by molar-refractivity contribution is 4.53. The first-order valence-electron chi connectivity index (χ1n) is 11.8. The van der Waals surface area contributed by atoms with E-state index in [2.05, 4.69) is 19.2 Å². The first-order valence-corrected chi connectivity index (χ1v) is 11.8. The second-order valence-corrected chi connectivity index (χ2v) is 7.75. The highest BCUT2D eigenvalue weighted by Crippen LogP contribution is 2.13. The van der Waals surface area contributed by atoms with E-state index in [1.807, 2.05) is 0 Å². The monoisotopic (exact) mass is 371 g/mol. The summed E-state index contributed by atoms with van der Waals surface area (Å²) in [7, 11) is 0. The van der Waals surface area contributed by atoms with Crippen LogP contribution >= 0.6 is 0 Å². The van der Waals surface area contributed by atoms with Crippen molar-refractivity contribution in [2.45, 2.75) is 129 Å². The van der Waals surface area contributed by atoms with E-state index in [1.165, 1.54) is 96.3 Å². The van der Waals surface area contributed by atoms with E-state index in [0.29, 0.717) is 6.54 Å². The maximum Gasteiger partial charge on any atom is 0.107 e. The van der Waals surface area contributed by atoms with E-state index in [-0.39, 0.29) is 12.8 Å². The van der Waals surface area contributed by atoms with Gasteiger partial charge in [-0.1, -0.05) is 110 Å². The molecule has 0 radical (unpaired) electrons. The van der Waals surface area contributed by atoms with Gasteiger partial charge in [0.2, 0.25) is 0 Å². The molecule has 1 unspecified atom stereocenters. The minimum atomic E-state index is 0.110. The van der Waals surface area contributed by atoms with Gasteiger partial charge in [-0.15, -0.1) is 0 Å². The highest BCUT2D eigenvalue weighted by atomic mass is 16.5. The molecule has 1 atom stereocenters. The van der Waals surface area contributed by atoms with E-state index in [4.69, 9.17) is 9.84 Å². The molecule has 0 spiro atoms. The van der Waals surface area contributed by atoms with Crippen LogP contribution in [0.3, 0.4) is 0 Å². The Kier molecular flexibility index (Phi) is 22.8. The van der Waals surface area contributed by atoms with E-state index in [0.717, 1.165) is 19.4 Å². The third-order valence-corrected chi connectivity index (χ3v) is 5.17. The molecule has 0 rings (SSSR count). The van der Waals surface area contributed by atoms with Crippen LogP contribution in [0.15, 0.2) is 0 Å². The molecule has 0 fully saturated rings. The summed E-state index contributed by atoms with van der Waals surface area (Å²) in [5.74, 6) is 0. The van der Waals surface area contributed by atoms with Crippen LogP contribution in [0.1, 0.15) is 123 Å². The third-order valence-electron chi connectivity index (χ3n) is 5.17. The molecule has 3 heteroatoms. The van der Waals surface area contributed by atoms with Crippen LogP contribution < -0.4 is 5.32 Å². The minimum Gasteiger partial charge on any atom is -0.395 e. The summed E-state index contributed by atoms with van der Waals surface area (Å²) in [6.45, 7) is 6.05. The molecule has 2 N–H and O–H groups in total. The molecule has 0 aliphatic carbocycles. The number of hydrogen-bond donors (Lipinski definition) is 2. The zero-order valence-electron chi connectivity index (χ0n) is 18.1. The molecule has 0 heterocycles. The second-order valence-electron chi connectivity index (χ2n) is 7.75. The molecular formula is C23H49NO2. The maximum absolute atomic E-state index is 8.81. The Morgan fingerprint density at radius 2 is 1.08 bits per heavy atom. The van der Waals surface area contributed by atoms with E-state index >= 15 is 0 Å². The highest BCUT2D eigenvalue weighted by Gasteiger charge is 2.03. The maximum atomic E-state index is 8.81. The molecule has 0 aromatic carbocycles. The van der Waals surface area contributed by atoms with Crippen LogP contribution in [0.5, 0.6) is 0 Å².